The molecule has 0 saturated heterocycles. The van der Waals surface area contributed by atoms with Crippen LogP contribution in [0.1, 0.15) is 42.7 Å². The van der Waals surface area contributed by atoms with E-state index >= 15 is 0 Å². The highest BCUT2D eigenvalue weighted by Gasteiger charge is 2.15. The third-order valence-corrected chi connectivity index (χ3v) is 3.94. The highest BCUT2D eigenvalue weighted by Crippen LogP contribution is 2.30. The Morgan fingerprint density at radius 2 is 1.86 bits per heavy atom. The van der Waals surface area contributed by atoms with Gasteiger partial charge in [0.15, 0.2) is 11.5 Å². The number of carbonyl (C=O) groups excluding carboxylic acids is 1. The number of amides is 1. The first-order valence-electron chi connectivity index (χ1n) is 9.17. The number of aromatic nitrogens is 1. The fourth-order valence-electron chi connectivity index (χ4n) is 2.50. The number of rotatable bonds is 10. The molecule has 0 radical (unpaired) electrons. The molecule has 1 N–H and O–H groups in total. The van der Waals surface area contributed by atoms with E-state index in [1.165, 1.54) is 6.20 Å². The number of methoxy groups -OCH3 is 2. The van der Waals surface area contributed by atoms with Gasteiger partial charge >= 0.3 is 0 Å². The third-order valence-electron chi connectivity index (χ3n) is 3.94. The van der Waals surface area contributed by atoms with Crippen molar-refractivity contribution >= 4 is 5.91 Å². The van der Waals surface area contributed by atoms with E-state index < -0.39 is 0 Å². The standard InChI is InChI=1S/C21H28N2O5/c1-14(2)28-20-9-7-17(13-22-20)21(24)23-15(3)16-6-8-18(19(12-16)26-5)27-11-10-25-4/h6-9,12-15H,10-11H2,1-5H3,(H,23,24). The molecule has 1 unspecified atom stereocenters. The molecule has 0 aliphatic carbocycles. The van der Waals surface area contributed by atoms with E-state index in [1.54, 1.807) is 26.4 Å². The summed E-state index contributed by atoms with van der Waals surface area (Å²) in [4.78, 5) is 16.7. The summed E-state index contributed by atoms with van der Waals surface area (Å²) in [5, 5.41) is 2.96. The van der Waals surface area contributed by atoms with Crippen molar-refractivity contribution in [3.8, 4) is 17.4 Å². The number of carbonyl (C=O) groups is 1. The quantitative estimate of drug-likeness (QED) is 0.629. The first-order chi connectivity index (χ1) is 13.4. The Balaban J connectivity index is 2.02. The predicted molar refractivity (Wildman–Crippen MR) is 106 cm³/mol. The van der Waals surface area contributed by atoms with Gasteiger partial charge < -0.3 is 24.3 Å². The summed E-state index contributed by atoms with van der Waals surface area (Å²) in [5.41, 5.74) is 1.37. The molecule has 1 atom stereocenters. The fraction of sp³-hybridized carbons (Fsp3) is 0.429. The molecule has 0 bridgehead atoms. The molecule has 0 saturated carbocycles. The Hall–Kier alpha value is -2.80. The van der Waals surface area contributed by atoms with Crippen LogP contribution in [0.25, 0.3) is 0 Å². The van der Waals surface area contributed by atoms with Crippen LogP contribution in [0.2, 0.25) is 0 Å². The van der Waals surface area contributed by atoms with Crippen molar-refractivity contribution in [2.24, 2.45) is 0 Å². The zero-order valence-corrected chi connectivity index (χ0v) is 17.0. The van der Waals surface area contributed by atoms with Gasteiger partial charge in [0, 0.05) is 19.4 Å². The van der Waals surface area contributed by atoms with Crippen molar-refractivity contribution in [1.29, 1.82) is 0 Å². The molecule has 7 heteroatoms. The van der Waals surface area contributed by atoms with Crippen LogP contribution in [0.5, 0.6) is 17.4 Å². The lowest BCUT2D eigenvalue weighted by molar-refractivity contribution is 0.0939. The molecule has 2 aromatic rings. The molecule has 0 spiro atoms. The van der Waals surface area contributed by atoms with Crippen molar-refractivity contribution in [2.45, 2.75) is 32.9 Å². The van der Waals surface area contributed by atoms with Gasteiger partial charge in [-0.2, -0.15) is 0 Å². The van der Waals surface area contributed by atoms with E-state index in [0.717, 1.165) is 5.56 Å². The molecule has 0 aliphatic rings. The Morgan fingerprint density at radius 3 is 2.46 bits per heavy atom. The van der Waals surface area contributed by atoms with Crippen molar-refractivity contribution in [3.63, 3.8) is 0 Å². The van der Waals surface area contributed by atoms with Gasteiger partial charge in [-0.3, -0.25) is 4.79 Å². The zero-order chi connectivity index (χ0) is 20.5. The molecule has 2 rings (SSSR count). The predicted octanol–water partition coefficient (Wildman–Crippen LogP) is 3.39. The number of pyridine rings is 1. The average molecular weight is 388 g/mol. The van der Waals surface area contributed by atoms with Gasteiger partial charge in [-0.1, -0.05) is 6.07 Å². The summed E-state index contributed by atoms with van der Waals surface area (Å²) in [6, 6.07) is 8.74. The largest absolute Gasteiger partial charge is 0.493 e. The van der Waals surface area contributed by atoms with Crippen molar-refractivity contribution in [2.75, 3.05) is 27.4 Å². The average Bonchev–Trinajstić information content (AvgIpc) is 2.68. The Labute approximate surface area is 166 Å². The Bertz CT molecular complexity index is 762. The zero-order valence-electron chi connectivity index (χ0n) is 17.0. The normalized spacial score (nSPS) is 11.8. The number of hydrogen-bond donors (Lipinski definition) is 1. The lowest BCUT2D eigenvalue weighted by atomic mass is 10.1. The highest BCUT2D eigenvalue weighted by molar-refractivity contribution is 5.94. The summed E-state index contributed by atoms with van der Waals surface area (Å²) >= 11 is 0. The maximum atomic E-state index is 12.5. The maximum absolute atomic E-state index is 12.5. The second-order valence-corrected chi connectivity index (χ2v) is 6.50. The van der Waals surface area contributed by atoms with Gasteiger partial charge in [0.05, 0.1) is 31.4 Å². The highest BCUT2D eigenvalue weighted by atomic mass is 16.5. The van der Waals surface area contributed by atoms with E-state index in [1.807, 2.05) is 39.0 Å². The molecule has 1 aromatic carbocycles. The minimum absolute atomic E-state index is 0.0311. The Morgan fingerprint density at radius 1 is 1.07 bits per heavy atom. The summed E-state index contributed by atoms with van der Waals surface area (Å²) < 4.78 is 21.5. The smallest absolute Gasteiger partial charge is 0.253 e. The second-order valence-electron chi connectivity index (χ2n) is 6.50. The molecule has 28 heavy (non-hydrogen) atoms. The lowest BCUT2D eigenvalue weighted by Crippen LogP contribution is -2.26. The number of nitrogens with zero attached hydrogens (tertiary/aromatic N) is 1. The summed E-state index contributed by atoms with van der Waals surface area (Å²) in [6.07, 6.45) is 1.54. The van der Waals surface area contributed by atoms with Crippen molar-refractivity contribution in [1.82, 2.24) is 10.3 Å². The number of ether oxygens (including phenoxy) is 4. The van der Waals surface area contributed by atoms with E-state index in [-0.39, 0.29) is 18.1 Å². The van der Waals surface area contributed by atoms with Gasteiger partial charge in [0.2, 0.25) is 5.88 Å². The number of nitrogens with one attached hydrogen (secondary N) is 1. The van der Waals surface area contributed by atoms with Gasteiger partial charge in [0.1, 0.15) is 6.61 Å². The fourth-order valence-corrected chi connectivity index (χ4v) is 2.50. The van der Waals surface area contributed by atoms with Gasteiger partial charge in [-0.25, -0.2) is 4.98 Å². The minimum atomic E-state index is -0.221. The number of hydrogen-bond acceptors (Lipinski definition) is 6. The van der Waals surface area contributed by atoms with Crippen LogP contribution >= 0.6 is 0 Å². The topological polar surface area (TPSA) is 78.9 Å². The molecule has 1 aromatic heterocycles. The molecule has 0 aliphatic heterocycles. The van der Waals surface area contributed by atoms with Crippen LogP contribution in [-0.2, 0) is 4.74 Å². The van der Waals surface area contributed by atoms with Gasteiger partial charge in [-0.05, 0) is 44.5 Å². The molecule has 152 valence electrons. The van der Waals surface area contributed by atoms with Gasteiger partial charge in [-0.15, -0.1) is 0 Å². The maximum Gasteiger partial charge on any atom is 0.253 e. The van der Waals surface area contributed by atoms with Crippen LogP contribution in [-0.4, -0.2) is 44.4 Å². The molecule has 0 fully saturated rings. The lowest BCUT2D eigenvalue weighted by Gasteiger charge is -2.17. The SMILES string of the molecule is COCCOc1ccc(C(C)NC(=O)c2ccc(OC(C)C)nc2)cc1OC. The summed E-state index contributed by atoms with van der Waals surface area (Å²) in [5.74, 6) is 1.52. The molecule has 7 nitrogen and oxygen atoms in total. The summed E-state index contributed by atoms with van der Waals surface area (Å²) in [6.45, 7) is 6.68. The van der Waals surface area contributed by atoms with Crippen LogP contribution < -0.4 is 19.5 Å². The van der Waals surface area contributed by atoms with Crippen LogP contribution in [0, 0.1) is 0 Å². The minimum Gasteiger partial charge on any atom is -0.493 e. The van der Waals surface area contributed by atoms with Crippen molar-refractivity contribution < 1.29 is 23.7 Å². The van der Waals surface area contributed by atoms with Crippen LogP contribution in [0.15, 0.2) is 36.5 Å². The van der Waals surface area contributed by atoms with Crippen molar-refractivity contribution in [3.05, 3.63) is 47.7 Å². The van der Waals surface area contributed by atoms with Crippen LogP contribution in [0.4, 0.5) is 0 Å². The number of benzene rings is 1. The van der Waals surface area contributed by atoms with E-state index in [4.69, 9.17) is 18.9 Å². The second kappa shape index (κ2) is 10.5. The monoisotopic (exact) mass is 388 g/mol. The molecular formula is C21H28N2O5. The molecule has 1 amide bonds. The van der Waals surface area contributed by atoms with Crippen LogP contribution in [0.3, 0.4) is 0 Å². The summed E-state index contributed by atoms with van der Waals surface area (Å²) in [7, 11) is 3.20. The first kappa shape index (κ1) is 21.5. The Kier molecular flexibility index (Phi) is 8.07. The third kappa shape index (κ3) is 6.13. The van der Waals surface area contributed by atoms with E-state index in [2.05, 4.69) is 10.3 Å². The van der Waals surface area contributed by atoms with E-state index in [0.29, 0.717) is 36.2 Å². The molecule has 1 heterocycles. The van der Waals surface area contributed by atoms with E-state index in [9.17, 15) is 4.79 Å². The molecular weight excluding hydrogens is 360 g/mol. The first-order valence-corrected chi connectivity index (χ1v) is 9.17. The van der Waals surface area contributed by atoms with Gasteiger partial charge in [0.25, 0.3) is 5.91 Å².